The molecule has 1 aromatic heterocycles. The smallest absolute Gasteiger partial charge is 0.335 e. The fraction of sp³-hybridized carbons (Fsp3) is 0.200. The van der Waals surface area contributed by atoms with Crippen LogP contribution in [0.15, 0.2) is 29.4 Å². The Bertz CT molecular complexity index is 523. The molecular weight excluding hydrogens is 240 g/mol. The Labute approximate surface area is 102 Å². The molecule has 0 fully saturated rings. The normalized spacial score (nSPS) is 10.4. The minimum Gasteiger partial charge on any atom is -0.478 e. The van der Waals surface area contributed by atoms with E-state index in [-0.39, 0.29) is 5.56 Å². The van der Waals surface area contributed by atoms with Crippen LogP contribution in [0.25, 0.3) is 5.69 Å². The second-order valence-corrected chi connectivity index (χ2v) is 4.39. The summed E-state index contributed by atoms with van der Waals surface area (Å²) in [7, 11) is 0. The summed E-state index contributed by atoms with van der Waals surface area (Å²) in [6, 6.07) is 6.42. The highest BCUT2D eigenvalue weighted by atomic mass is 32.2. The molecule has 0 saturated heterocycles. The van der Waals surface area contributed by atoms with Crippen molar-refractivity contribution in [3.63, 3.8) is 0 Å². The van der Waals surface area contributed by atoms with E-state index in [1.165, 1.54) is 23.9 Å². The lowest BCUT2D eigenvalue weighted by Gasteiger charge is -2.03. The molecule has 2 rings (SSSR count). The van der Waals surface area contributed by atoms with Gasteiger partial charge in [0.2, 0.25) is 5.16 Å². The van der Waals surface area contributed by atoms with Gasteiger partial charge in [0.15, 0.2) is 0 Å². The molecule has 88 valence electrons. The van der Waals surface area contributed by atoms with Gasteiger partial charge in [-0.15, -0.1) is 5.10 Å². The third kappa shape index (κ3) is 2.44. The zero-order chi connectivity index (χ0) is 12.3. The number of rotatable bonds is 4. The molecule has 0 saturated carbocycles. The van der Waals surface area contributed by atoms with Gasteiger partial charge in [-0.2, -0.15) is 4.68 Å². The standard InChI is InChI=1S/C10H10N4O2S/c1-2-17-10-11-12-13-14(10)8-5-3-7(4-6-8)9(15)16/h3-6H,2H2,1H3,(H,15,16). The molecule has 1 aromatic carbocycles. The van der Waals surface area contributed by atoms with Crippen molar-refractivity contribution in [2.24, 2.45) is 0 Å². The maximum Gasteiger partial charge on any atom is 0.335 e. The van der Waals surface area contributed by atoms with E-state index in [0.717, 1.165) is 11.4 Å². The molecule has 0 unspecified atom stereocenters. The minimum atomic E-state index is -0.948. The molecule has 17 heavy (non-hydrogen) atoms. The number of thioether (sulfide) groups is 1. The number of benzene rings is 1. The first-order chi connectivity index (χ1) is 8.22. The number of carbonyl (C=O) groups is 1. The second kappa shape index (κ2) is 4.96. The molecule has 1 heterocycles. The molecule has 0 bridgehead atoms. The van der Waals surface area contributed by atoms with Gasteiger partial charge in [0.1, 0.15) is 0 Å². The van der Waals surface area contributed by atoms with Crippen molar-refractivity contribution in [2.75, 3.05) is 5.75 Å². The molecule has 0 spiro atoms. The van der Waals surface area contributed by atoms with E-state index in [0.29, 0.717) is 5.16 Å². The number of aromatic nitrogens is 4. The Balaban J connectivity index is 2.33. The summed E-state index contributed by atoms with van der Waals surface area (Å²) in [5.74, 6) is -0.0791. The number of tetrazole rings is 1. The van der Waals surface area contributed by atoms with Crippen LogP contribution in [0.5, 0.6) is 0 Å². The van der Waals surface area contributed by atoms with E-state index in [1.54, 1.807) is 16.8 Å². The second-order valence-electron chi connectivity index (χ2n) is 3.16. The van der Waals surface area contributed by atoms with Crippen LogP contribution in [-0.4, -0.2) is 37.0 Å². The van der Waals surface area contributed by atoms with Crippen LogP contribution in [0, 0.1) is 0 Å². The third-order valence-corrected chi connectivity index (χ3v) is 2.87. The molecule has 0 aliphatic carbocycles. The Kier molecular flexibility index (Phi) is 3.38. The molecule has 0 amide bonds. The van der Waals surface area contributed by atoms with E-state index in [9.17, 15) is 4.79 Å². The molecule has 0 radical (unpaired) electrons. The lowest BCUT2D eigenvalue weighted by Crippen LogP contribution is -2.01. The van der Waals surface area contributed by atoms with Crippen molar-refractivity contribution >= 4 is 17.7 Å². The Hall–Kier alpha value is -1.89. The summed E-state index contributed by atoms with van der Waals surface area (Å²) in [4.78, 5) is 10.7. The molecular formula is C10H10N4O2S. The van der Waals surface area contributed by atoms with Crippen LogP contribution in [0.4, 0.5) is 0 Å². The maximum absolute atomic E-state index is 10.7. The summed E-state index contributed by atoms with van der Waals surface area (Å²) in [6.45, 7) is 2.01. The predicted molar refractivity (Wildman–Crippen MR) is 62.5 cm³/mol. The number of hydrogen-bond donors (Lipinski definition) is 1. The van der Waals surface area contributed by atoms with Gasteiger partial charge in [-0.25, -0.2) is 4.79 Å². The number of nitrogens with zero attached hydrogens (tertiary/aromatic N) is 4. The largest absolute Gasteiger partial charge is 0.478 e. The lowest BCUT2D eigenvalue weighted by atomic mass is 10.2. The summed E-state index contributed by atoms with van der Waals surface area (Å²) in [6.07, 6.45) is 0. The fourth-order valence-corrected chi connectivity index (χ4v) is 1.92. The highest BCUT2D eigenvalue weighted by Gasteiger charge is 2.08. The predicted octanol–water partition coefficient (Wildman–Crippen LogP) is 1.47. The van der Waals surface area contributed by atoms with E-state index >= 15 is 0 Å². The van der Waals surface area contributed by atoms with E-state index in [4.69, 9.17) is 5.11 Å². The molecule has 1 N–H and O–H groups in total. The van der Waals surface area contributed by atoms with E-state index in [2.05, 4.69) is 15.5 Å². The van der Waals surface area contributed by atoms with Crippen molar-refractivity contribution in [3.8, 4) is 5.69 Å². The van der Waals surface area contributed by atoms with E-state index < -0.39 is 5.97 Å². The average Bonchev–Trinajstić information content (AvgIpc) is 2.78. The quantitative estimate of drug-likeness (QED) is 0.828. The monoisotopic (exact) mass is 250 g/mol. The van der Waals surface area contributed by atoms with Gasteiger partial charge in [-0.1, -0.05) is 18.7 Å². The molecule has 0 atom stereocenters. The van der Waals surface area contributed by atoms with Gasteiger partial charge in [0.25, 0.3) is 0 Å². The van der Waals surface area contributed by atoms with E-state index in [1.807, 2.05) is 6.92 Å². The van der Waals surface area contributed by atoms with Crippen molar-refractivity contribution < 1.29 is 9.90 Å². The van der Waals surface area contributed by atoms with Gasteiger partial charge in [-0.05, 0) is 40.4 Å². The van der Waals surface area contributed by atoms with Crippen molar-refractivity contribution in [2.45, 2.75) is 12.1 Å². The maximum atomic E-state index is 10.7. The first-order valence-corrected chi connectivity index (χ1v) is 5.96. The van der Waals surface area contributed by atoms with Crippen molar-refractivity contribution in [3.05, 3.63) is 29.8 Å². The van der Waals surface area contributed by atoms with Crippen molar-refractivity contribution in [1.29, 1.82) is 0 Å². The van der Waals surface area contributed by atoms with Crippen LogP contribution in [0.2, 0.25) is 0 Å². The van der Waals surface area contributed by atoms with Gasteiger partial charge in [0, 0.05) is 0 Å². The Morgan fingerprint density at radius 2 is 2.12 bits per heavy atom. The minimum absolute atomic E-state index is 0.242. The van der Waals surface area contributed by atoms with Gasteiger partial charge in [-0.3, -0.25) is 0 Å². The first-order valence-electron chi connectivity index (χ1n) is 4.97. The van der Waals surface area contributed by atoms with Gasteiger partial charge < -0.3 is 5.11 Å². The number of carboxylic acid groups (broad SMARTS) is 1. The van der Waals surface area contributed by atoms with Crippen LogP contribution in [-0.2, 0) is 0 Å². The third-order valence-electron chi connectivity index (χ3n) is 2.07. The number of hydrogen-bond acceptors (Lipinski definition) is 5. The van der Waals surface area contributed by atoms with Crippen LogP contribution in [0.3, 0.4) is 0 Å². The topological polar surface area (TPSA) is 80.9 Å². The summed E-state index contributed by atoms with van der Waals surface area (Å²) in [5, 5.41) is 20.8. The Morgan fingerprint density at radius 1 is 1.41 bits per heavy atom. The van der Waals surface area contributed by atoms with Gasteiger partial charge in [0.05, 0.1) is 11.3 Å². The van der Waals surface area contributed by atoms with Crippen LogP contribution in [0.1, 0.15) is 17.3 Å². The highest BCUT2D eigenvalue weighted by Crippen LogP contribution is 2.17. The fourth-order valence-electron chi connectivity index (χ4n) is 1.31. The SMILES string of the molecule is CCSc1nnnn1-c1ccc(C(=O)O)cc1. The first kappa shape index (κ1) is 11.6. The van der Waals surface area contributed by atoms with Crippen molar-refractivity contribution in [1.82, 2.24) is 20.2 Å². The van der Waals surface area contributed by atoms with Crippen LogP contribution < -0.4 is 0 Å². The zero-order valence-electron chi connectivity index (χ0n) is 9.07. The molecule has 0 aliphatic rings. The summed E-state index contributed by atoms with van der Waals surface area (Å²) < 4.78 is 1.58. The average molecular weight is 250 g/mol. The molecule has 6 nitrogen and oxygen atoms in total. The zero-order valence-corrected chi connectivity index (χ0v) is 9.89. The van der Waals surface area contributed by atoms with Gasteiger partial charge >= 0.3 is 5.97 Å². The lowest BCUT2D eigenvalue weighted by molar-refractivity contribution is 0.0697. The highest BCUT2D eigenvalue weighted by molar-refractivity contribution is 7.99. The molecule has 0 aliphatic heterocycles. The molecule has 2 aromatic rings. The molecule has 7 heteroatoms. The van der Waals surface area contributed by atoms with Crippen LogP contribution >= 0.6 is 11.8 Å². The number of aromatic carboxylic acids is 1. The Morgan fingerprint density at radius 3 is 2.71 bits per heavy atom. The summed E-state index contributed by atoms with van der Waals surface area (Å²) in [5.41, 5.74) is 0.988. The summed E-state index contributed by atoms with van der Waals surface area (Å²) >= 11 is 1.52. The number of carboxylic acids is 1.